The van der Waals surface area contributed by atoms with Crippen molar-refractivity contribution in [3.05, 3.63) is 22.2 Å². The van der Waals surface area contributed by atoms with Crippen molar-refractivity contribution in [3.63, 3.8) is 0 Å². The van der Waals surface area contributed by atoms with Crippen LogP contribution in [0.4, 0.5) is 0 Å². The third kappa shape index (κ3) is 2.11. The first kappa shape index (κ1) is 11.6. The topological polar surface area (TPSA) is 38.7 Å². The number of halogens is 1. The molecule has 1 aromatic carbocycles. The fourth-order valence-corrected chi connectivity index (χ4v) is 2.08. The van der Waals surface area contributed by atoms with Crippen LogP contribution in [0.2, 0.25) is 5.02 Å². The average Bonchev–Trinajstić information content (AvgIpc) is 2.25. The average molecular weight is 243 g/mol. The van der Waals surface area contributed by atoms with Crippen molar-refractivity contribution in [2.75, 3.05) is 13.2 Å². The van der Waals surface area contributed by atoms with E-state index in [9.17, 15) is 5.11 Å². The molecule has 3 nitrogen and oxygen atoms in total. The minimum absolute atomic E-state index is 0.417. The fraction of sp³-hybridized carbons (Fsp3) is 0.500. The van der Waals surface area contributed by atoms with Crippen molar-refractivity contribution >= 4 is 11.6 Å². The maximum atomic E-state index is 9.39. The molecule has 1 aliphatic heterocycles. The van der Waals surface area contributed by atoms with Gasteiger partial charge in [-0.2, -0.15) is 0 Å². The number of fused-ring (bicyclic) bond motifs is 1. The van der Waals surface area contributed by atoms with Gasteiger partial charge in [0, 0.05) is 5.56 Å². The molecular weight excluding hydrogens is 228 g/mol. The predicted octanol–water partition coefficient (Wildman–Crippen LogP) is 2.34. The van der Waals surface area contributed by atoms with Crippen LogP contribution in [0.25, 0.3) is 0 Å². The summed E-state index contributed by atoms with van der Waals surface area (Å²) in [6.45, 7) is 4.76. The fourth-order valence-electron chi connectivity index (χ4n) is 1.86. The van der Waals surface area contributed by atoms with E-state index >= 15 is 0 Å². The molecule has 2 rings (SSSR count). The minimum Gasteiger partial charge on any atom is -0.486 e. The summed E-state index contributed by atoms with van der Waals surface area (Å²) in [7, 11) is 0. The van der Waals surface area contributed by atoms with Gasteiger partial charge in [-0.3, -0.25) is 0 Å². The Morgan fingerprint density at radius 2 is 2.12 bits per heavy atom. The monoisotopic (exact) mass is 242 g/mol. The van der Waals surface area contributed by atoms with Crippen LogP contribution in [0.1, 0.15) is 18.1 Å². The molecule has 0 amide bonds. The summed E-state index contributed by atoms with van der Waals surface area (Å²) in [5.41, 5.74) is 1.79. The number of aliphatic hydroxyl groups excluding tert-OH is 1. The van der Waals surface area contributed by atoms with Gasteiger partial charge in [-0.05, 0) is 31.9 Å². The summed E-state index contributed by atoms with van der Waals surface area (Å²) < 4.78 is 11.0. The molecule has 0 aliphatic carbocycles. The molecule has 0 fully saturated rings. The van der Waals surface area contributed by atoms with E-state index in [-0.39, 0.29) is 0 Å². The van der Waals surface area contributed by atoms with Gasteiger partial charge in [0.1, 0.15) is 13.2 Å². The Labute approximate surface area is 99.9 Å². The zero-order valence-corrected chi connectivity index (χ0v) is 10.2. The smallest absolute Gasteiger partial charge is 0.165 e. The van der Waals surface area contributed by atoms with E-state index in [0.29, 0.717) is 24.7 Å². The largest absolute Gasteiger partial charge is 0.486 e. The number of benzene rings is 1. The van der Waals surface area contributed by atoms with Crippen LogP contribution in [-0.2, 0) is 6.42 Å². The van der Waals surface area contributed by atoms with Gasteiger partial charge in [0.15, 0.2) is 11.5 Å². The Bertz CT molecular complexity index is 402. The SMILES string of the molecule is Cc1c(Cl)c(CC(C)O)cc2c1OCCO2. The van der Waals surface area contributed by atoms with Crippen LogP contribution >= 0.6 is 11.6 Å². The van der Waals surface area contributed by atoms with Gasteiger partial charge in [-0.15, -0.1) is 0 Å². The van der Waals surface area contributed by atoms with Crippen LogP contribution < -0.4 is 9.47 Å². The molecule has 4 heteroatoms. The van der Waals surface area contributed by atoms with E-state index in [1.54, 1.807) is 6.92 Å². The number of aliphatic hydroxyl groups is 1. The number of hydrogen-bond acceptors (Lipinski definition) is 3. The maximum Gasteiger partial charge on any atom is 0.165 e. The second-order valence-electron chi connectivity index (χ2n) is 4.05. The Balaban J connectivity index is 2.44. The van der Waals surface area contributed by atoms with Crippen LogP contribution in [-0.4, -0.2) is 24.4 Å². The normalized spacial score (nSPS) is 16.0. The first-order valence-corrected chi connectivity index (χ1v) is 5.73. The highest BCUT2D eigenvalue weighted by Gasteiger charge is 2.19. The quantitative estimate of drug-likeness (QED) is 0.865. The first-order chi connectivity index (χ1) is 7.59. The molecular formula is C12H15ClO3. The van der Waals surface area contributed by atoms with Gasteiger partial charge in [0.05, 0.1) is 11.1 Å². The molecule has 0 bridgehead atoms. The van der Waals surface area contributed by atoms with E-state index in [4.69, 9.17) is 21.1 Å². The zero-order chi connectivity index (χ0) is 11.7. The molecule has 0 radical (unpaired) electrons. The number of ether oxygens (including phenoxy) is 2. The molecule has 16 heavy (non-hydrogen) atoms. The Kier molecular flexibility index (Phi) is 3.26. The van der Waals surface area contributed by atoms with Crippen molar-refractivity contribution in [2.45, 2.75) is 26.4 Å². The highest BCUT2D eigenvalue weighted by molar-refractivity contribution is 6.32. The van der Waals surface area contributed by atoms with Gasteiger partial charge >= 0.3 is 0 Å². The van der Waals surface area contributed by atoms with Crippen LogP contribution in [0.15, 0.2) is 6.07 Å². The molecule has 1 aliphatic rings. The van der Waals surface area contributed by atoms with Gasteiger partial charge in [-0.1, -0.05) is 11.6 Å². The summed E-state index contributed by atoms with van der Waals surface area (Å²) in [6.07, 6.45) is 0.107. The number of hydrogen-bond donors (Lipinski definition) is 1. The lowest BCUT2D eigenvalue weighted by Crippen LogP contribution is -2.17. The molecule has 0 spiro atoms. The summed E-state index contributed by atoms with van der Waals surface area (Å²) in [5, 5.41) is 10.1. The highest BCUT2D eigenvalue weighted by atomic mass is 35.5. The lowest BCUT2D eigenvalue weighted by Gasteiger charge is -2.22. The molecule has 0 saturated heterocycles. The third-order valence-corrected chi connectivity index (χ3v) is 3.11. The van der Waals surface area contributed by atoms with Gasteiger partial charge in [0.2, 0.25) is 0 Å². The van der Waals surface area contributed by atoms with Gasteiger partial charge in [0.25, 0.3) is 0 Å². The Morgan fingerprint density at radius 1 is 1.44 bits per heavy atom. The molecule has 0 saturated carbocycles. The molecule has 0 aromatic heterocycles. The molecule has 1 N–H and O–H groups in total. The van der Waals surface area contributed by atoms with Gasteiger partial charge < -0.3 is 14.6 Å². The van der Waals surface area contributed by atoms with E-state index in [1.807, 2.05) is 13.0 Å². The summed E-state index contributed by atoms with van der Waals surface area (Å²) in [5.74, 6) is 1.45. The Morgan fingerprint density at radius 3 is 2.81 bits per heavy atom. The molecule has 1 unspecified atom stereocenters. The second-order valence-corrected chi connectivity index (χ2v) is 4.43. The van der Waals surface area contributed by atoms with Crippen molar-refractivity contribution in [1.82, 2.24) is 0 Å². The minimum atomic E-state index is -0.417. The van der Waals surface area contributed by atoms with E-state index in [1.165, 1.54) is 0 Å². The van der Waals surface area contributed by atoms with Crippen LogP contribution in [0, 0.1) is 6.92 Å². The third-order valence-electron chi connectivity index (χ3n) is 2.58. The lowest BCUT2D eigenvalue weighted by atomic mass is 10.0. The second kappa shape index (κ2) is 4.52. The Hall–Kier alpha value is -0.930. The van der Waals surface area contributed by atoms with Crippen molar-refractivity contribution in [3.8, 4) is 11.5 Å². The lowest BCUT2D eigenvalue weighted by molar-refractivity contribution is 0.169. The van der Waals surface area contributed by atoms with Gasteiger partial charge in [-0.25, -0.2) is 0 Å². The summed E-state index contributed by atoms with van der Waals surface area (Å²) in [6, 6.07) is 1.86. The van der Waals surface area contributed by atoms with Crippen molar-refractivity contribution in [2.24, 2.45) is 0 Å². The molecule has 88 valence electrons. The van der Waals surface area contributed by atoms with Crippen LogP contribution in [0.5, 0.6) is 11.5 Å². The maximum absolute atomic E-state index is 9.39. The van der Waals surface area contributed by atoms with E-state index in [0.717, 1.165) is 22.6 Å². The van der Waals surface area contributed by atoms with E-state index in [2.05, 4.69) is 0 Å². The van der Waals surface area contributed by atoms with Crippen molar-refractivity contribution < 1.29 is 14.6 Å². The predicted molar refractivity (Wildman–Crippen MR) is 62.6 cm³/mol. The molecule has 1 aromatic rings. The summed E-state index contributed by atoms with van der Waals surface area (Å²) in [4.78, 5) is 0. The van der Waals surface area contributed by atoms with Crippen LogP contribution in [0.3, 0.4) is 0 Å². The molecule has 1 atom stereocenters. The standard InChI is InChI=1S/C12H15ClO3/c1-7(14)5-9-6-10-12(8(2)11(9)13)16-4-3-15-10/h6-7,14H,3-5H2,1-2H3. The number of rotatable bonds is 2. The first-order valence-electron chi connectivity index (χ1n) is 5.35. The summed E-state index contributed by atoms with van der Waals surface area (Å²) >= 11 is 6.23. The zero-order valence-electron chi connectivity index (χ0n) is 9.42. The molecule has 1 heterocycles. The van der Waals surface area contributed by atoms with E-state index < -0.39 is 6.10 Å². The van der Waals surface area contributed by atoms with Crippen molar-refractivity contribution in [1.29, 1.82) is 0 Å². The highest BCUT2D eigenvalue weighted by Crippen LogP contribution is 2.40.